The highest BCUT2D eigenvalue weighted by Gasteiger charge is 2.24. The van der Waals surface area contributed by atoms with Gasteiger partial charge in [-0.25, -0.2) is 9.78 Å². The normalized spacial score (nSPS) is 16.8. The lowest BCUT2D eigenvalue weighted by Gasteiger charge is -2.05. The number of rotatable bonds is 6. The molecule has 7 heteroatoms. The smallest absolute Gasteiger partial charge is 0.335 e. The molecular formula is C18H20N2O4S. The zero-order valence-corrected chi connectivity index (χ0v) is 14.8. The van der Waals surface area contributed by atoms with Crippen LogP contribution in [0.1, 0.15) is 48.6 Å². The number of hydrogen-bond donors (Lipinski definition) is 2. The average Bonchev–Trinajstić information content (AvgIpc) is 3.24. The molecule has 0 radical (unpaired) electrons. The van der Waals surface area contributed by atoms with Crippen LogP contribution in [0.25, 0.3) is 0 Å². The Kier molecular flexibility index (Phi) is 5.45. The van der Waals surface area contributed by atoms with Gasteiger partial charge in [0.25, 0.3) is 5.91 Å². The van der Waals surface area contributed by atoms with E-state index in [9.17, 15) is 9.59 Å². The van der Waals surface area contributed by atoms with Crippen molar-refractivity contribution in [1.82, 2.24) is 10.3 Å². The third kappa shape index (κ3) is 4.24. The third-order valence-corrected chi connectivity index (χ3v) is 5.52. The molecule has 0 saturated carbocycles. The molecule has 1 aliphatic rings. The van der Waals surface area contributed by atoms with E-state index >= 15 is 0 Å². The van der Waals surface area contributed by atoms with Crippen molar-refractivity contribution in [3.05, 3.63) is 51.0 Å². The molecule has 132 valence electrons. The number of aromatic nitrogens is 1. The van der Waals surface area contributed by atoms with Crippen LogP contribution in [0, 0.1) is 6.92 Å². The monoisotopic (exact) mass is 360 g/mol. The van der Waals surface area contributed by atoms with Gasteiger partial charge < -0.3 is 15.2 Å². The van der Waals surface area contributed by atoms with Crippen LogP contribution in [0.15, 0.2) is 24.3 Å². The van der Waals surface area contributed by atoms with Crippen molar-refractivity contribution in [2.45, 2.75) is 25.7 Å². The van der Waals surface area contributed by atoms with Gasteiger partial charge in [0, 0.05) is 19.1 Å². The predicted molar refractivity (Wildman–Crippen MR) is 94.5 cm³/mol. The van der Waals surface area contributed by atoms with Crippen LogP contribution < -0.4 is 5.32 Å². The quantitative estimate of drug-likeness (QED) is 0.827. The summed E-state index contributed by atoms with van der Waals surface area (Å²) >= 11 is 1.45. The lowest BCUT2D eigenvalue weighted by Crippen LogP contribution is -2.25. The summed E-state index contributed by atoms with van der Waals surface area (Å²) in [7, 11) is 0. The van der Waals surface area contributed by atoms with Crippen molar-refractivity contribution in [1.29, 1.82) is 0 Å². The van der Waals surface area contributed by atoms with E-state index in [4.69, 9.17) is 9.84 Å². The Balaban J connectivity index is 1.54. The molecule has 1 amide bonds. The van der Waals surface area contributed by atoms with Crippen LogP contribution in [0.4, 0.5) is 0 Å². The van der Waals surface area contributed by atoms with Crippen LogP contribution in [-0.4, -0.2) is 41.7 Å². The minimum Gasteiger partial charge on any atom is -0.478 e. The number of amides is 1. The van der Waals surface area contributed by atoms with Gasteiger partial charge in [-0.05, 0) is 37.5 Å². The van der Waals surface area contributed by atoms with E-state index in [1.54, 1.807) is 24.3 Å². The summed E-state index contributed by atoms with van der Waals surface area (Å²) in [5, 5.41) is 12.8. The lowest BCUT2D eigenvalue weighted by atomic mass is 10.1. The van der Waals surface area contributed by atoms with Crippen LogP contribution in [-0.2, 0) is 11.2 Å². The zero-order valence-electron chi connectivity index (χ0n) is 13.9. The van der Waals surface area contributed by atoms with Crippen molar-refractivity contribution < 1.29 is 19.4 Å². The SMILES string of the molecule is Cc1nc(C2CCOC2)sc1C(=O)NCCc1ccc(C(=O)O)cc1. The van der Waals surface area contributed by atoms with E-state index in [-0.39, 0.29) is 11.5 Å². The number of carbonyl (C=O) groups excluding carboxylic acids is 1. The van der Waals surface area contributed by atoms with Gasteiger partial charge in [0.1, 0.15) is 4.88 Å². The summed E-state index contributed by atoms with van der Waals surface area (Å²) in [6, 6.07) is 6.68. The van der Waals surface area contributed by atoms with E-state index in [2.05, 4.69) is 10.3 Å². The number of aryl methyl sites for hydroxylation is 1. The Bertz CT molecular complexity index is 764. The summed E-state index contributed by atoms with van der Waals surface area (Å²) in [6.07, 6.45) is 1.60. The molecule has 1 aromatic heterocycles. The molecule has 1 unspecified atom stereocenters. The molecular weight excluding hydrogens is 340 g/mol. The summed E-state index contributed by atoms with van der Waals surface area (Å²) in [5.74, 6) is -0.746. The number of ether oxygens (including phenoxy) is 1. The molecule has 25 heavy (non-hydrogen) atoms. The van der Waals surface area contributed by atoms with E-state index < -0.39 is 5.97 Å². The molecule has 6 nitrogen and oxygen atoms in total. The fourth-order valence-corrected chi connectivity index (χ4v) is 3.85. The van der Waals surface area contributed by atoms with E-state index in [0.717, 1.165) is 29.3 Å². The van der Waals surface area contributed by atoms with Crippen LogP contribution in [0.5, 0.6) is 0 Å². The summed E-state index contributed by atoms with van der Waals surface area (Å²) in [4.78, 5) is 28.4. The minimum absolute atomic E-state index is 0.109. The summed E-state index contributed by atoms with van der Waals surface area (Å²) in [6.45, 7) is 3.78. The average molecular weight is 360 g/mol. The van der Waals surface area contributed by atoms with Gasteiger partial charge in [0.05, 0.1) is 22.9 Å². The first-order chi connectivity index (χ1) is 12.0. The van der Waals surface area contributed by atoms with Crippen molar-refractivity contribution in [3.63, 3.8) is 0 Å². The van der Waals surface area contributed by atoms with E-state index in [1.165, 1.54) is 11.3 Å². The first-order valence-corrected chi connectivity index (χ1v) is 9.01. The van der Waals surface area contributed by atoms with Crippen molar-refractivity contribution in [2.75, 3.05) is 19.8 Å². The molecule has 0 spiro atoms. The Hall–Kier alpha value is -2.25. The molecule has 3 rings (SSSR count). The van der Waals surface area contributed by atoms with Crippen molar-refractivity contribution in [2.24, 2.45) is 0 Å². The second-order valence-corrected chi connectivity index (χ2v) is 7.07. The number of nitrogens with zero attached hydrogens (tertiary/aromatic N) is 1. The highest BCUT2D eigenvalue weighted by atomic mass is 32.1. The van der Waals surface area contributed by atoms with Gasteiger partial charge in [0.15, 0.2) is 0 Å². The minimum atomic E-state index is -0.941. The van der Waals surface area contributed by atoms with Gasteiger partial charge in [-0.15, -0.1) is 11.3 Å². The molecule has 0 bridgehead atoms. The van der Waals surface area contributed by atoms with Crippen LogP contribution in [0.2, 0.25) is 0 Å². The van der Waals surface area contributed by atoms with E-state index in [0.29, 0.717) is 30.4 Å². The maximum atomic E-state index is 12.4. The van der Waals surface area contributed by atoms with Crippen LogP contribution >= 0.6 is 11.3 Å². The summed E-state index contributed by atoms with van der Waals surface area (Å²) in [5.41, 5.74) is 2.00. The molecule has 1 fully saturated rings. The molecule has 0 aliphatic carbocycles. The Morgan fingerprint density at radius 3 is 2.76 bits per heavy atom. The number of thiazole rings is 1. The van der Waals surface area contributed by atoms with Crippen molar-refractivity contribution in [3.8, 4) is 0 Å². The number of aromatic carboxylic acids is 1. The molecule has 2 heterocycles. The summed E-state index contributed by atoms with van der Waals surface area (Å²) < 4.78 is 5.39. The molecule has 2 N–H and O–H groups in total. The molecule has 1 aromatic carbocycles. The standard InChI is InChI=1S/C18H20N2O4S/c1-11-15(25-17(20-11)14-7-9-24-10-14)16(21)19-8-6-12-2-4-13(5-3-12)18(22)23/h2-5,14H,6-10H2,1H3,(H,19,21)(H,22,23). The topological polar surface area (TPSA) is 88.5 Å². The zero-order chi connectivity index (χ0) is 17.8. The largest absolute Gasteiger partial charge is 0.478 e. The number of benzene rings is 1. The lowest BCUT2D eigenvalue weighted by molar-refractivity contribution is 0.0696. The molecule has 2 aromatic rings. The predicted octanol–water partition coefficient (Wildman–Crippen LogP) is 2.63. The van der Waals surface area contributed by atoms with Gasteiger partial charge in [-0.3, -0.25) is 4.79 Å². The molecule has 1 aliphatic heterocycles. The first kappa shape index (κ1) is 17.6. The number of carbonyl (C=O) groups is 2. The molecule has 1 atom stereocenters. The fourth-order valence-electron chi connectivity index (χ4n) is 2.75. The van der Waals surface area contributed by atoms with Gasteiger partial charge in [-0.2, -0.15) is 0 Å². The second-order valence-electron chi connectivity index (χ2n) is 6.04. The maximum Gasteiger partial charge on any atom is 0.335 e. The fraction of sp³-hybridized carbons (Fsp3) is 0.389. The Morgan fingerprint density at radius 1 is 1.36 bits per heavy atom. The number of hydrogen-bond acceptors (Lipinski definition) is 5. The Morgan fingerprint density at radius 2 is 2.12 bits per heavy atom. The van der Waals surface area contributed by atoms with Crippen molar-refractivity contribution >= 4 is 23.2 Å². The highest BCUT2D eigenvalue weighted by Crippen LogP contribution is 2.30. The van der Waals surface area contributed by atoms with Gasteiger partial charge in [-0.1, -0.05) is 12.1 Å². The van der Waals surface area contributed by atoms with Gasteiger partial charge in [0.2, 0.25) is 0 Å². The number of nitrogens with one attached hydrogen (secondary N) is 1. The second kappa shape index (κ2) is 7.76. The Labute approximate surface area is 149 Å². The third-order valence-electron chi connectivity index (χ3n) is 4.20. The number of carboxylic acid groups (broad SMARTS) is 1. The van der Waals surface area contributed by atoms with E-state index in [1.807, 2.05) is 6.92 Å². The maximum absolute atomic E-state index is 12.4. The molecule has 1 saturated heterocycles. The first-order valence-electron chi connectivity index (χ1n) is 8.20. The van der Waals surface area contributed by atoms with Gasteiger partial charge >= 0.3 is 5.97 Å². The number of carboxylic acids is 1. The van der Waals surface area contributed by atoms with Crippen LogP contribution in [0.3, 0.4) is 0 Å². The highest BCUT2D eigenvalue weighted by molar-refractivity contribution is 7.13.